The molecule has 2 fully saturated rings. The van der Waals surface area contributed by atoms with E-state index in [2.05, 4.69) is 45.8 Å². The van der Waals surface area contributed by atoms with Crippen LogP contribution in [-0.4, -0.2) is 73.6 Å². The SMILES string of the molecule is CCN1CCCC1CN(C)C(=NC)NCC1CCSCC1. The molecule has 0 spiro atoms. The van der Waals surface area contributed by atoms with Crippen molar-refractivity contribution in [2.45, 2.75) is 38.6 Å². The Balaban J connectivity index is 1.76. The molecule has 21 heavy (non-hydrogen) atoms. The average Bonchev–Trinajstić information content (AvgIpc) is 2.96. The predicted molar refractivity (Wildman–Crippen MR) is 94.3 cm³/mol. The molecule has 0 radical (unpaired) electrons. The van der Waals surface area contributed by atoms with Crippen molar-refractivity contribution in [2.24, 2.45) is 10.9 Å². The second-order valence-corrected chi connectivity index (χ2v) is 7.51. The minimum absolute atomic E-state index is 0.699. The number of nitrogens with zero attached hydrogens (tertiary/aromatic N) is 3. The highest BCUT2D eigenvalue weighted by Crippen LogP contribution is 2.22. The van der Waals surface area contributed by atoms with Gasteiger partial charge in [0.1, 0.15) is 0 Å². The van der Waals surface area contributed by atoms with Gasteiger partial charge in [0, 0.05) is 33.2 Å². The Kier molecular flexibility index (Phi) is 7.17. The van der Waals surface area contributed by atoms with E-state index in [1.807, 2.05) is 7.05 Å². The van der Waals surface area contributed by atoms with Crippen LogP contribution in [0, 0.1) is 5.92 Å². The van der Waals surface area contributed by atoms with E-state index in [0.717, 1.165) is 25.0 Å². The maximum absolute atomic E-state index is 4.47. The molecule has 2 rings (SSSR count). The third-order valence-electron chi connectivity index (χ3n) is 4.85. The van der Waals surface area contributed by atoms with Crippen LogP contribution in [0.3, 0.4) is 0 Å². The summed E-state index contributed by atoms with van der Waals surface area (Å²) in [6.07, 6.45) is 5.38. The zero-order chi connectivity index (χ0) is 15.1. The topological polar surface area (TPSA) is 30.9 Å². The number of likely N-dealkylation sites (N-methyl/N-ethyl adjacent to an activating group) is 2. The molecule has 0 aliphatic carbocycles. The molecule has 4 nitrogen and oxygen atoms in total. The highest BCUT2D eigenvalue weighted by Gasteiger charge is 2.25. The molecule has 122 valence electrons. The molecule has 0 amide bonds. The van der Waals surface area contributed by atoms with E-state index in [9.17, 15) is 0 Å². The van der Waals surface area contributed by atoms with E-state index in [-0.39, 0.29) is 0 Å². The van der Waals surface area contributed by atoms with Gasteiger partial charge in [-0.25, -0.2) is 0 Å². The lowest BCUT2D eigenvalue weighted by atomic mass is 10.0. The van der Waals surface area contributed by atoms with E-state index in [0.29, 0.717) is 6.04 Å². The molecule has 2 heterocycles. The van der Waals surface area contributed by atoms with Gasteiger partial charge in [-0.1, -0.05) is 6.92 Å². The van der Waals surface area contributed by atoms with Gasteiger partial charge in [0.15, 0.2) is 5.96 Å². The summed E-state index contributed by atoms with van der Waals surface area (Å²) in [5, 5.41) is 3.59. The minimum atomic E-state index is 0.699. The summed E-state index contributed by atoms with van der Waals surface area (Å²) in [5.41, 5.74) is 0. The lowest BCUT2D eigenvalue weighted by Crippen LogP contribution is -2.47. The normalized spacial score (nSPS) is 25.3. The molecule has 0 aromatic heterocycles. The highest BCUT2D eigenvalue weighted by atomic mass is 32.2. The van der Waals surface area contributed by atoms with Crippen LogP contribution in [0.15, 0.2) is 4.99 Å². The van der Waals surface area contributed by atoms with Gasteiger partial charge in [-0.15, -0.1) is 0 Å². The van der Waals surface area contributed by atoms with Crippen LogP contribution < -0.4 is 5.32 Å². The number of guanidine groups is 1. The van der Waals surface area contributed by atoms with Crippen LogP contribution >= 0.6 is 11.8 Å². The number of hydrogen-bond acceptors (Lipinski definition) is 3. The molecule has 0 aromatic carbocycles. The highest BCUT2D eigenvalue weighted by molar-refractivity contribution is 7.99. The molecule has 5 heteroatoms. The van der Waals surface area contributed by atoms with Crippen LogP contribution in [-0.2, 0) is 0 Å². The number of likely N-dealkylation sites (tertiary alicyclic amines) is 1. The summed E-state index contributed by atoms with van der Waals surface area (Å²) < 4.78 is 0. The lowest BCUT2D eigenvalue weighted by molar-refractivity contribution is 0.232. The van der Waals surface area contributed by atoms with Crippen LogP contribution in [0.25, 0.3) is 0 Å². The van der Waals surface area contributed by atoms with Gasteiger partial charge < -0.3 is 10.2 Å². The molecule has 2 saturated heterocycles. The summed E-state index contributed by atoms with van der Waals surface area (Å²) in [6.45, 7) is 6.88. The van der Waals surface area contributed by atoms with Gasteiger partial charge in [-0.2, -0.15) is 11.8 Å². The molecule has 0 saturated carbocycles. The molecule has 0 aromatic rings. The molecule has 2 aliphatic rings. The Morgan fingerprint density at radius 2 is 2.10 bits per heavy atom. The smallest absolute Gasteiger partial charge is 0.193 e. The van der Waals surface area contributed by atoms with E-state index >= 15 is 0 Å². The first kappa shape index (κ1) is 16.9. The van der Waals surface area contributed by atoms with Crippen molar-refractivity contribution >= 4 is 17.7 Å². The second kappa shape index (κ2) is 8.89. The van der Waals surface area contributed by atoms with E-state index in [4.69, 9.17) is 0 Å². The number of rotatable bonds is 5. The lowest BCUT2D eigenvalue weighted by Gasteiger charge is -2.31. The fourth-order valence-electron chi connectivity index (χ4n) is 3.49. The second-order valence-electron chi connectivity index (χ2n) is 6.29. The Labute approximate surface area is 134 Å². The zero-order valence-corrected chi connectivity index (χ0v) is 14.8. The Morgan fingerprint density at radius 1 is 1.33 bits per heavy atom. The van der Waals surface area contributed by atoms with Crippen molar-refractivity contribution in [1.82, 2.24) is 15.1 Å². The van der Waals surface area contributed by atoms with Crippen molar-refractivity contribution in [1.29, 1.82) is 0 Å². The van der Waals surface area contributed by atoms with Gasteiger partial charge in [-0.05, 0) is 56.2 Å². The number of thioether (sulfide) groups is 1. The van der Waals surface area contributed by atoms with Crippen molar-refractivity contribution in [2.75, 3.05) is 51.8 Å². The molecular formula is C16H32N4S. The van der Waals surface area contributed by atoms with Crippen LogP contribution in [0.5, 0.6) is 0 Å². The largest absolute Gasteiger partial charge is 0.356 e. The first-order valence-corrected chi connectivity index (χ1v) is 9.63. The maximum atomic E-state index is 4.47. The summed E-state index contributed by atoms with van der Waals surface area (Å²) in [6, 6.07) is 0.699. The van der Waals surface area contributed by atoms with Gasteiger partial charge in [0.05, 0.1) is 0 Å². The third-order valence-corrected chi connectivity index (χ3v) is 5.90. The number of hydrogen-bond donors (Lipinski definition) is 1. The van der Waals surface area contributed by atoms with Crippen LogP contribution in [0.1, 0.15) is 32.6 Å². The van der Waals surface area contributed by atoms with Crippen LogP contribution in [0.4, 0.5) is 0 Å². The fraction of sp³-hybridized carbons (Fsp3) is 0.938. The van der Waals surface area contributed by atoms with Crippen molar-refractivity contribution in [3.8, 4) is 0 Å². The van der Waals surface area contributed by atoms with Crippen molar-refractivity contribution in [3.63, 3.8) is 0 Å². The van der Waals surface area contributed by atoms with E-state index in [1.54, 1.807) is 0 Å². The third kappa shape index (κ3) is 5.06. The van der Waals surface area contributed by atoms with Gasteiger partial charge >= 0.3 is 0 Å². The van der Waals surface area contributed by atoms with Crippen molar-refractivity contribution < 1.29 is 0 Å². The van der Waals surface area contributed by atoms with E-state index in [1.165, 1.54) is 50.3 Å². The summed E-state index contributed by atoms with van der Waals surface area (Å²) in [4.78, 5) is 9.39. The maximum Gasteiger partial charge on any atom is 0.193 e. The average molecular weight is 313 g/mol. The molecule has 1 atom stereocenters. The summed E-state index contributed by atoms with van der Waals surface area (Å²) in [7, 11) is 4.08. The monoisotopic (exact) mass is 312 g/mol. The van der Waals surface area contributed by atoms with E-state index < -0.39 is 0 Å². The molecular weight excluding hydrogens is 280 g/mol. The first-order chi connectivity index (χ1) is 10.2. The number of nitrogens with one attached hydrogen (secondary N) is 1. The first-order valence-electron chi connectivity index (χ1n) is 8.48. The summed E-state index contributed by atoms with van der Waals surface area (Å²) in [5.74, 6) is 4.55. The summed E-state index contributed by atoms with van der Waals surface area (Å²) >= 11 is 2.10. The molecule has 1 unspecified atom stereocenters. The Bertz CT molecular complexity index is 328. The molecule has 0 bridgehead atoms. The predicted octanol–water partition coefficient (Wildman–Crippen LogP) is 2.12. The zero-order valence-electron chi connectivity index (χ0n) is 14.0. The fourth-order valence-corrected chi connectivity index (χ4v) is 4.70. The molecule has 2 aliphatic heterocycles. The molecule has 1 N–H and O–H groups in total. The van der Waals surface area contributed by atoms with Crippen LogP contribution in [0.2, 0.25) is 0 Å². The van der Waals surface area contributed by atoms with Crippen molar-refractivity contribution in [3.05, 3.63) is 0 Å². The quantitative estimate of drug-likeness (QED) is 0.622. The van der Waals surface area contributed by atoms with Gasteiger partial charge in [0.25, 0.3) is 0 Å². The minimum Gasteiger partial charge on any atom is -0.356 e. The van der Waals surface area contributed by atoms with Gasteiger partial charge in [-0.3, -0.25) is 9.89 Å². The van der Waals surface area contributed by atoms with Gasteiger partial charge in [0.2, 0.25) is 0 Å². The standard InChI is InChI=1S/C16H32N4S/c1-4-20-9-5-6-15(20)13-19(3)16(17-2)18-12-14-7-10-21-11-8-14/h14-15H,4-13H2,1-3H3,(H,17,18). The Hall–Kier alpha value is -0.420. The Morgan fingerprint density at radius 3 is 2.76 bits per heavy atom. The number of aliphatic imine (C=N–C) groups is 1.